The van der Waals surface area contributed by atoms with Crippen molar-refractivity contribution < 1.29 is 17.6 Å². The zero-order chi connectivity index (χ0) is 22.9. The molecule has 1 saturated heterocycles. The molecule has 0 radical (unpaired) electrons. The van der Waals surface area contributed by atoms with Gasteiger partial charge in [0.15, 0.2) is 0 Å². The fraction of sp³-hybridized carbons (Fsp3) is 0.391. The van der Waals surface area contributed by atoms with Gasteiger partial charge in [-0.05, 0) is 50.1 Å². The van der Waals surface area contributed by atoms with Crippen LogP contribution in [-0.2, 0) is 14.6 Å². The number of fused-ring (bicyclic) bond motifs is 1. The highest BCUT2D eigenvalue weighted by molar-refractivity contribution is 7.91. The highest BCUT2D eigenvalue weighted by Crippen LogP contribution is 2.29. The molecule has 3 aromatic rings. The Morgan fingerprint density at radius 2 is 2.00 bits per heavy atom. The molecular weight excluding hydrogens is 450 g/mol. The summed E-state index contributed by atoms with van der Waals surface area (Å²) in [5.74, 6) is -0.470. The van der Waals surface area contributed by atoms with Gasteiger partial charge in [0.05, 0.1) is 5.75 Å². The van der Waals surface area contributed by atoms with Crippen LogP contribution in [0.2, 0.25) is 5.02 Å². The molecule has 0 unspecified atom stereocenters. The number of hydrogen-bond acceptors (Lipinski definition) is 6. The van der Waals surface area contributed by atoms with E-state index in [-0.39, 0.29) is 29.2 Å². The maximum Gasteiger partial charge on any atom is 0.225 e. The Labute approximate surface area is 192 Å². The van der Waals surface area contributed by atoms with E-state index in [0.717, 1.165) is 37.3 Å². The Balaban J connectivity index is 1.34. The number of sulfone groups is 1. The number of halogens is 1. The molecule has 0 bridgehead atoms. The third-order valence-electron chi connectivity index (χ3n) is 6.04. The van der Waals surface area contributed by atoms with E-state index in [1.54, 1.807) is 30.1 Å². The third kappa shape index (κ3) is 4.76. The number of carbonyl (C=O) groups excluding carboxylic acids is 1. The molecule has 0 saturated carbocycles. The van der Waals surface area contributed by atoms with Gasteiger partial charge in [0, 0.05) is 66.0 Å². The molecular formula is C23H26ClN3O4S. The van der Waals surface area contributed by atoms with E-state index >= 15 is 0 Å². The number of anilines is 1. The average Bonchev–Trinajstić information content (AvgIpc) is 3.21. The van der Waals surface area contributed by atoms with Crippen molar-refractivity contribution in [3.8, 4) is 0 Å². The lowest BCUT2D eigenvalue weighted by atomic mass is 10.0. The molecule has 1 amide bonds. The smallest absolute Gasteiger partial charge is 0.225 e. The first-order chi connectivity index (χ1) is 15.2. The molecule has 1 fully saturated rings. The molecule has 170 valence electrons. The van der Waals surface area contributed by atoms with Crippen LogP contribution in [0.25, 0.3) is 10.8 Å². The maximum atomic E-state index is 12.8. The van der Waals surface area contributed by atoms with Crippen molar-refractivity contribution in [2.24, 2.45) is 0 Å². The second-order valence-corrected chi connectivity index (χ2v) is 10.6. The van der Waals surface area contributed by atoms with Crippen LogP contribution in [-0.4, -0.2) is 56.1 Å². The summed E-state index contributed by atoms with van der Waals surface area (Å²) < 4.78 is 31.0. The monoisotopic (exact) mass is 475 g/mol. The summed E-state index contributed by atoms with van der Waals surface area (Å²) >= 11 is 5.96. The standard InChI is InChI=1S/C23H26ClN3O4S/c1-16-13-20(5-9-25-16)27-10-6-19(7-11-27)26(2)22(28)8-12-32(29,30)23-21-4-3-18(24)14-17(21)15-31-23/h3-5,9,13-15,19H,6-8,10-12H2,1-2H3. The number of aromatic nitrogens is 1. The first-order valence-corrected chi connectivity index (χ1v) is 12.6. The van der Waals surface area contributed by atoms with Gasteiger partial charge >= 0.3 is 0 Å². The highest BCUT2D eigenvalue weighted by atomic mass is 35.5. The Morgan fingerprint density at radius 1 is 1.25 bits per heavy atom. The lowest BCUT2D eigenvalue weighted by Gasteiger charge is -2.38. The molecule has 9 heteroatoms. The van der Waals surface area contributed by atoms with Crippen LogP contribution >= 0.6 is 11.6 Å². The first kappa shape index (κ1) is 22.6. The van der Waals surface area contributed by atoms with Crippen molar-refractivity contribution in [1.29, 1.82) is 0 Å². The van der Waals surface area contributed by atoms with Gasteiger partial charge in [-0.1, -0.05) is 11.6 Å². The molecule has 32 heavy (non-hydrogen) atoms. The van der Waals surface area contributed by atoms with Gasteiger partial charge in [-0.25, -0.2) is 8.42 Å². The molecule has 0 atom stereocenters. The van der Waals surface area contributed by atoms with Gasteiger partial charge in [0.1, 0.15) is 6.26 Å². The molecule has 1 aliphatic heterocycles. The number of nitrogens with zero attached hydrogens (tertiary/aromatic N) is 3. The Morgan fingerprint density at radius 3 is 2.72 bits per heavy atom. The average molecular weight is 476 g/mol. The number of hydrogen-bond donors (Lipinski definition) is 0. The SMILES string of the molecule is Cc1cc(N2CCC(N(C)C(=O)CCS(=O)(=O)c3occ4cc(Cl)ccc34)CC2)ccn1. The van der Waals surface area contributed by atoms with Crippen molar-refractivity contribution >= 4 is 43.8 Å². The maximum absolute atomic E-state index is 12.8. The number of carbonyl (C=O) groups is 1. The van der Waals surface area contributed by atoms with E-state index < -0.39 is 9.84 Å². The fourth-order valence-corrected chi connectivity index (χ4v) is 5.70. The topological polar surface area (TPSA) is 83.7 Å². The lowest BCUT2D eigenvalue weighted by molar-refractivity contribution is -0.131. The molecule has 0 aliphatic carbocycles. The van der Waals surface area contributed by atoms with Gasteiger partial charge in [-0.15, -0.1) is 0 Å². The van der Waals surface area contributed by atoms with Crippen molar-refractivity contribution in [3.05, 3.63) is 53.5 Å². The van der Waals surface area contributed by atoms with E-state index in [1.165, 1.54) is 6.26 Å². The number of benzene rings is 1. The quantitative estimate of drug-likeness (QED) is 0.534. The van der Waals surface area contributed by atoms with Crippen LogP contribution in [0.1, 0.15) is 25.0 Å². The second-order valence-electron chi connectivity index (χ2n) is 8.20. The number of furan rings is 1. The van der Waals surface area contributed by atoms with Gasteiger partial charge in [0.25, 0.3) is 0 Å². The number of pyridine rings is 1. The van der Waals surface area contributed by atoms with E-state index in [2.05, 4.69) is 16.0 Å². The van der Waals surface area contributed by atoms with Crippen molar-refractivity contribution in [2.75, 3.05) is 30.8 Å². The molecule has 1 aromatic carbocycles. The van der Waals surface area contributed by atoms with Crippen LogP contribution < -0.4 is 4.90 Å². The van der Waals surface area contributed by atoms with Gasteiger partial charge in [-0.2, -0.15) is 0 Å². The Bertz CT molecular complexity index is 1230. The van der Waals surface area contributed by atoms with Crippen LogP contribution in [0, 0.1) is 6.92 Å². The van der Waals surface area contributed by atoms with Gasteiger partial charge in [-0.3, -0.25) is 9.78 Å². The minimum atomic E-state index is -3.74. The Hall–Kier alpha value is -2.58. The van der Waals surface area contributed by atoms with Gasteiger partial charge < -0.3 is 14.2 Å². The van der Waals surface area contributed by atoms with Crippen LogP contribution in [0.3, 0.4) is 0 Å². The predicted octanol–water partition coefficient (Wildman–Crippen LogP) is 4.08. The highest BCUT2D eigenvalue weighted by Gasteiger charge is 2.28. The first-order valence-electron chi connectivity index (χ1n) is 10.6. The van der Waals surface area contributed by atoms with Crippen LogP contribution in [0.5, 0.6) is 0 Å². The van der Waals surface area contributed by atoms with E-state index in [0.29, 0.717) is 15.8 Å². The number of aryl methyl sites for hydroxylation is 1. The Kier molecular flexibility index (Phi) is 6.44. The summed E-state index contributed by atoms with van der Waals surface area (Å²) in [7, 11) is -1.98. The van der Waals surface area contributed by atoms with E-state index in [1.807, 2.05) is 19.2 Å². The van der Waals surface area contributed by atoms with Crippen molar-refractivity contribution in [2.45, 2.75) is 37.3 Å². The predicted molar refractivity (Wildman–Crippen MR) is 125 cm³/mol. The zero-order valence-electron chi connectivity index (χ0n) is 18.1. The summed E-state index contributed by atoms with van der Waals surface area (Å²) in [5, 5.41) is 1.49. The lowest BCUT2D eigenvalue weighted by Crippen LogP contribution is -2.46. The summed E-state index contributed by atoms with van der Waals surface area (Å²) in [6, 6.07) is 9.05. The molecule has 3 heterocycles. The molecule has 0 spiro atoms. The number of piperidine rings is 1. The largest absolute Gasteiger partial charge is 0.452 e. The molecule has 7 nitrogen and oxygen atoms in total. The summed E-state index contributed by atoms with van der Waals surface area (Å²) in [5.41, 5.74) is 2.12. The molecule has 4 rings (SSSR count). The number of amides is 1. The minimum absolute atomic E-state index is 0.0849. The normalized spacial score (nSPS) is 15.3. The summed E-state index contributed by atoms with van der Waals surface area (Å²) in [6.07, 6.45) is 4.77. The van der Waals surface area contributed by atoms with Crippen molar-refractivity contribution in [3.63, 3.8) is 0 Å². The minimum Gasteiger partial charge on any atom is -0.452 e. The molecule has 2 aromatic heterocycles. The van der Waals surface area contributed by atoms with E-state index in [4.69, 9.17) is 16.0 Å². The summed E-state index contributed by atoms with van der Waals surface area (Å²) in [6.45, 7) is 3.65. The van der Waals surface area contributed by atoms with Crippen LogP contribution in [0.4, 0.5) is 5.69 Å². The fourth-order valence-electron chi connectivity index (χ4n) is 4.17. The molecule has 1 aliphatic rings. The summed E-state index contributed by atoms with van der Waals surface area (Å²) in [4.78, 5) is 21.0. The third-order valence-corrected chi connectivity index (χ3v) is 7.90. The zero-order valence-corrected chi connectivity index (χ0v) is 19.7. The van der Waals surface area contributed by atoms with Crippen molar-refractivity contribution in [1.82, 2.24) is 9.88 Å². The van der Waals surface area contributed by atoms with E-state index in [9.17, 15) is 13.2 Å². The van der Waals surface area contributed by atoms with Gasteiger partial charge in [0.2, 0.25) is 20.8 Å². The van der Waals surface area contributed by atoms with Crippen LogP contribution in [0.15, 0.2) is 52.3 Å². The number of rotatable bonds is 6. The molecule has 0 N–H and O–H groups in total. The second kappa shape index (κ2) is 9.11.